The fraction of sp³-hybridized carbons (Fsp3) is 0.250. The topological polar surface area (TPSA) is 87.2 Å². The summed E-state index contributed by atoms with van der Waals surface area (Å²) in [6.45, 7) is -0.714. The third kappa shape index (κ3) is 2.49. The number of anilines is 1. The van der Waals surface area contributed by atoms with Crippen LogP contribution in [-0.4, -0.2) is 48.1 Å². The van der Waals surface area contributed by atoms with E-state index in [2.05, 4.69) is 0 Å². The molecule has 0 atom stereocenters. The summed E-state index contributed by atoms with van der Waals surface area (Å²) in [5.41, 5.74) is 0.392. The second-order valence-corrected chi connectivity index (χ2v) is 3.96. The molecule has 1 saturated heterocycles. The van der Waals surface area contributed by atoms with Gasteiger partial charge in [-0.1, -0.05) is 0 Å². The van der Waals surface area contributed by atoms with Gasteiger partial charge in [0.2, 0.25) is 0 Å². The van der Waals surface area contributed by atoms with Crippen molar-refractivity contribution in [2.24, 2.45) is 0 Å². The lowest BCUT2D eigenvalue weighted by atomic mass is 10.3. The number of benzene rings is 1. The maximum atomic E-state index is 11.9. The van der Waals surface area contributed by atoms with Crippen LogP contribution in [0.15, 0.2) is 24.3 Å². The molecule has 0 unspecified atom stereocenters. The van der Waals surface area contributed by atoms with Gasteiger partial charge in [-0.05, 0) is 24.3 Å². The molecule has 1 N–H and O–H groups in total. The second-order valence-electron chi connectivity index (χ2n) is 3.96. The van der Waals surface area contributed by atoms with Crippen LogP contribution in [0, 0.1) is 0 Å². The number of nitrogens with zero attached hydrogens (tertiary/aromatic N) is 2. The van der Waals surface area contributed by atoms with Gasteiger partial charge in [-0.25, -0.2) is 9.69 Å². The molecule has 1 aromatic carbocycles. The van der Waals surface area contributed by atoms with E-state index >= 15 is 0 Å². The summed E-state index contributed by atoms with van der Waals surface area (Å²) in [5.74, 6) is -1.00. The summed E-state index contributed by atoms with van der Waals surface area (Å²) in [5, 5.41) is 8.66. The highest BCUT2D eigenvalue weighted by Gasteiger charge is 2.37. The fourth-order valence-corrected chi connectivity index (χ4v) is 1.82. The van der Waals surface area contributed by atoms with E-state index in [9.17, 15) is 14.4 Å². The van der Waals surface area contributed by atoms with Crippen LogP contribution >= 0.6 is 0 Å². The molecule has 1 fully saturated rings. The highest BCUT2D eigenvalue weighted by atomic mass is 16.5. The van der Waals surface area contributed by atoms with Gasteiger partial charge in [-0.2, -0.15) is 0 Å². The van der Waals surface area contributed by atoms with E-state index in [1.165, 1.54) is 7.11 Å². The van der Waals surface area contributed by atoms with Gasteiger partial charge in [0, 0.05) is 0 Å². The van der Waals surface area contributed by atoms with Crippen LogP contribution in [0.1, 0.15) is 0 Å². The lowest BCUT2D eigenvalue weighted by molar-refractivity contribution is -0.137. The number of urea groups is 1. The number of rotatable bonds is 4. The molecule has 0 spiro atoms. The lowest BCUT2D eigenvalue weighted by Gasteiger charge is -2.15. The lowest BCUT2D eigenvalue weighted by Crippen LogP contribution is -2.35. The zero-order valence-electron chi connectivity index (χ0n) is 10.2. The molecule has 1 aliphatic heterocycles. The first kappa shape index (κ1) is 12.9. The number of carbonyl (C=O) groups is 3. The Morgan fingerprint density at radius 2 is 1.95 bits per heavy atom. The molecule has 7 nitrogen and oxygen atoms in total. The van der Waals surface area contributed by atoms with Gasteiger partial charge in [0.05, 0.1) is 12.8 Å². The third-order valence-electron chi connectivity index (χ3n) is 2.69. The van der Waals surface area contributed by atoms with Gasteiger partial charge in [0.15, 0.2) is 0 Å². The normalized spacial score (nSPS) is 15.0. The average Bonchev–Trinajstić information content (AvgIpc) is 2.64. The SMILES string of the molecule is COc1ccc(N2C(=O)CN(CC(=O)O)C2=O)cc1. The summed E-state index contributed by atoms with van der Waals surface area (Å²) in [6, 6.07) is 5.75. The molecule has 1 aromatic rings. The van der Waals surface area contributed by atoms with E-state index in [1.807, 2.05) is 0 Å². The first-order chi connectivity index (χ1) is 9.02. The van der Waals surface area contributed by atoms with E-state index in [0.29, 0.717) is 11.4 Å². The number of amides is 3. The molecule has 3 amide bonds. The van der Waals surface area contributed by atoms with Crippen molar-refractivity contribution in [3.8, 4) is 5.75 Å². The fourth-order valence-electron chi connectivity index (χ4n) is 1.82. The van der Waals surface area contributed by atoms with E-state index < -0.39 is 24.5 Å². The van der Waals surface area contributed by atoms with Crippen molar-refractivity contribution >= 4 is 23.6 Å². The summed E-state index contributed by atoms with van der Waals surface area (Å²) in [6.07, 6.45) is 0. The standard InChI is InChI=1S/C12H12N2O5/c1-19-9-4-2-8(3-5-9)14-10(15)6-13(12(14)18)7-11(16)17/h2-5H,6-7H2,1H3,(H,16,17). The van der Waals surface area contributed by atoms with Crippen molar-refractivity contribution in [1.29, 1.82) is 0 Å². The van der Waals surface area contributed by atoms with Gasteiger partial charge < -0.3 is 14.7 Å². The van der Waals surface area contributed by atoms with Gasteiger partial charge in [0.25, 0.3) is 5.91 Å². The van der Waals surface area contributed by atoms with Crippen LogP contribution in [0.2, 0.25) is 0 Å². The number of ether oxygens (including phenoxy) is 1. The van der Waals surface area contributed by atoms with Gasteiger partial charge in [-0.15, -0.1) is 0 Å². The van der Waals surface area contributed by atoms with Crippen molar-refractivity contribution in [2.45, 2.75) is 0 Å². The Labute approximate surface area is 109 Å². The van der Waals surface area contributed by atoms with Crippen molar-refractivity contribution < 1.29 is 24.2 Å². The van der Waals surface area contributed by atoms with Crippen molar-refractivity contribution in [3.63, 3.8) is 0 Å². The second kappa shape index (κ2) is 4.97. The van der Waals surface area contributed by atoms with E-state index in [0.717, 1.165) is 9.80 Å². The summed E-state index contributed by atoms with van der Waals surface area (Å²) in [7, 11) is 1.51. The van der Waals surface area contributed by atoms with Crippen LogP contribution in [0.4, 0.5) is 10.5 Å². The molecule has 1 aliphatic rings. The Kier molecular flexibility index (Phi) is 3.37. The first-order valence-electron chi connectivity index (χ1n) is 5.50. The van der Waals surface area contributed by atoms with E-state index in [4.69, 9.17) is 9.84 Å². The van der Waals surface area contributed by atoms with Gasteiger partial charge >= 0.3 is 12.0 Å². The molecule has 100 valence electrons. The predicted octanol–water partition coefficient (Wildman–Crippen LogP) is 0.548. The monoisotopic (exact) mass is 264 g/mol. The minimum Gasteiger partial charge on any atom is -0.497 e. The highest BCUT2D eigenvalue weighted by Crippen LogP contribution is 2.23. The Morgan fingerprint density at radius 1 is 1.32 bits per heavy atom. The molecule has 0 radical (unpaired) electrons. The van der Waals surface area contributed by atoms with Gasteiger partial charge in [-0.3, -0.25) is 9.59 Å². The molecule has 2 rings (SSSR count). The minimum absolute atomic E-state index is 0.225. The molecule has 0 aromatic heterocycles. The van der Waals surface area contributed by atoms with E-state index in [-0.39, 0.29) is 6.54 Å². The number of imide groups is 1. The van der Waals surface area contributed by atoms with Gasteiger partial charge in [0.1, 0.15) is 18.8 Å². The highest BCUT2D eigenvalue weighted by molar-refractivity contribution is 6.20. The average molecular weight is 264 g/mol. The largest absolute Gasteiger partial charge is 0.497 e. The number of hydrogen-bond acceptors (Lipinski definition) is 4. The Balaban J connectivity index is 2.21. The number of aliphatic carboxylic acids is 1. The number of carbonyl (C=O) groups excluding carboxylic acids is 2. The maximum absolute atomic E-state index is 11.9. The molecule has 1 heterocycles. The zero-order chi connectivity index (χ0) is 14.0. The van der Waals surface area contributed by atoms with Crippen LogP contribution in [-0.2, 0) is 9.59 Å². The molecule has 7 heteroatoms. The van der Waals surface area contributed by atoms with Crippen LogP contribution in [0.5, 0.6) is 5.75 Å². The minimum atomic E-state index is -1.15. The smallest absolute Gasteiger partial charge is 0.332 e. The Morgan fingerprint density at radius 3 is 2.47 bits per heavy atom. The maximum Gasteiger partial charge on any atom is 0.332 e. The van der Waals surface area contributed by atoms with Crippen molar-refractivity contribution in [2.75, 3.05) is 25.1 Å². The molecular formula is C12H12N2O5. The molecule has 0 bridgehead atoms. The number of carboxylic acid groups (broad SMARTS) is 1. The number of hydrogen-bond donors (Lipinski definition) is 1. The quantitative estimate of drug-likeness (QED) is 0.802. The van der Waals surface area contributed by atoms with Crippen LogP contribution < -0.4 is 9.64 Å². The first-order valence-corrected chi connectivity index (χ1v) is 5.50. The summed E-state index contributed by atoms with van der Waals surface area (Å²) < 4.78 is 4.98. The van der Waals surface area contributed by atoms with Crippen molar-refractivity contribution in [1.82, 2.24) is 4.90 Å². The molecule has 19 heavy (non-hydrogen) atoms. The summed E-state index contributed by atoms with van der Waals surface area (Å²) >= 11 is 0. The number of methoxy groups -OCH3 is 1. The van der Waals surface area contributed by atoms with Crippen LogP contribution in [0.3, 0.4) is 0 Å². The van der Waals surface area contributed by atoms with Crippen molar-refractivity contribution in [3.05, 3.63) is 24.3 Å². The van der Waals surface area contributed by atoms with Crippen LogP contribution in [0.25, 0.3) is 0 Å². The zero-order valence-corrected chi connectivity index (χ0v) is 10.2. The van der Waals surface area contributed by atoms with E-state index in [1.54, 1.807) is 24.3 Å². The predicted molar refractivity (Wildman–Crippen MR) is 65.1 cm³/mol. The third-order valence-corrected chi connectivity index (χ3v) is 2.69. The summed E-state index contributed by atoms with van der Waals surface area (Å²) in [4.78, 5) is 36.2. The molecular weight excluding hydrogens is 252 g/mol. The Hall–Kier alpha value is -2.57. The molecule has 0 saturated carbocycles. The molecule has 0 aliphatic carbocycles. The Bertz CT molecular complexity index is 525. The number of carboxylic acids is 1.